The lowest BCUT2D eigenvalue weighted by molar-refractivity contribution is 0.262. The first-order valence-corrected chi connectivity index (χ1v) is 7.67. The smallest absolute Gasteiger partial charge is 0.408 e. The highest BCUT2D eigenvalue weighted by Gasteiger charge is 2.09. The number of aromatic nitrogens is 1. The van der Waals surface area contributed by atoms with E-state index in [-0.39, 0.29) is 6.03 Å². The number of carbonyl (C=O) groups is 1. The van der Waals surface area contributed by atoms with Gasteiger partial charge in [0.2, 0.25) is 0 Å². The van der Waals surface area contributed by atoms with Crippen molar-refractivity contribution in [2.75, 3.05) is 10.6 Å². The summed E-state index contributed by atoms with van der Waals surface area (Å²) in [4.78, 5) is 23.5. The van der Waals surface area contributed by atoms with Crippen LogP contribution in [-0.4, -0.2) is 10.6 Å². The van der Waals surface area contributed by atoms with Crippen LogP contribution >= 0.6 is 15.9 Å². The van der Waals surface area contributed by atoms with Gasteiger partial charge in [-0.25, -0.2) is 9.59 Å². The van der Waals surface area contributed by atoms with Crippen LogP contribution in [-0.2, 0) is 7.05 Å². The molecule has 0 unspecified atom stereocenters. The first-order valence-electron chi connectivity index (χ1n) is 6.88. The van der Waals surface area contributed by atoms with Gasteiger partial charge in [0.05, 0.1) is 5.52 Å². The second kappa shape index (κ2) is 5.92. The quantitative estimate of drug-likeness (QED) is 0.714. The minimum atomic E-state index is -0.439. The summed E-state index contributed by atoms with van der Waals surface area (Å²) in [5.74, 6) is -0.439. The molecule has 2 N–H and O–H groups in total. The van der Waals surface area contributed by atoms with E-state index in [0.717, 1.165) is 10.0 Å². The molecule has 0 fully saturated rings. The zero-order valence-corrected chi connectivity index (χ0v) is 14.1. The van der Waals surface area contributed by atoms with Crippen molar-refractivity contribution in [3.8, 4) is 0 Å². The van der Waals surface area contributed by atoms with Gasteiger partial charge in [-0.2, -0.15) is 0 Å². The van der Waals surface area contributed by atoms with E-state index in [4.69, 9.17) is 4.42 Å². The molecule has 7 heteroatoms. The Morgan fingerprint density at radius 3 is 2.48 bits per heavy atom. The summed E-state index contributed by atoms with van der Waals surface area (Å²) in [5.41, 5.74) is 3.42. The molecule has 0 saturated heterocycles. The minimum Gasteiger partial charge on any atom is -0.408 e. The normalized spacial score (nSPS) is 10.7. The highest BCUT2D eigenvalue weighted by molar-refractivity contribution is 9.10. The van der Waals surface area contributed by atoms with Crippen molar-refractivity contribution < 1.29 is 9.21 Å². The number of hydrogen-bond acceptors (Lipinski definition) is 3. The fourth-order valence-electron chi connectivity index (χ4n) is 2.17. The van der Waals surface area contributed by atoms with E-state index in [2.05, 4.69) is 26.6 Å². The van der Waals surface area contributed by atoms with Crippen LogP contribution in [0.3, 0.4) is 0 Å². The summed E-state index contributed by atoms with van der Waals surface area (Å²) >= 11 is 3.43. The highest BCUT2D eigenvalue weighted by atomic mass is 79.9. The standard InChI is InChI=1S/C16H14BrN3O3/c1-9-3-4-10(7-12(9)17)18-15(21)19-11-5-6-14-13(8-11)20(2)16(22)23-14/h3-8H,1-2H3,(H2,18,19,21). The number of nitrogens with zero attached hydrogens (tertiary/aromatic N) is 1. The fourth-order valence-corrected chi connectivity index (χ4v) is 2.55. The molecule has 0 bridgehead atoms. The number of benzene rings is 2. The van der Waals surface area contributed by atoms with E-state index < -0.39 is 5.76 Å². The Kier molecular flexibility index (Phi) is 3.96. The Morgan fingerprint density at radius 2 is 1.78 bits per heavy atom. The number of hydrogen-bond donors (Lipinski definition) is 2. The summed E-state index contributed by atoms with van der Waals surface area (Å²) in [7, 11) is 1.61. The van der Waals surface area contributed by atoms with Gasteiger partial charge in [-0.05, 0) is 42.8 Å². The molecule has 0 spiro atoms. The number of amides is 2. The molecule has 118 valence electrons. The van der Waals surface area contributed by atoms with Gasteiger partial charge in [0.1, 0.15) is 0 Å². The number of halogens is 1. The van der Waals surface area contributed by atoms with Gasteiger partial charge in [0.15, 0.2) is 5.58 Å². The topological polar surface area (TPSA) is 76.3 Å². The van der Waals surface area contributed by atoms with E-state index in [9.17, 15) is 9.59 Å². The predicted molar refractivity (Wildman–Crippen MR) is 93.0 cm³/mol. The summed E-state index contributed by atoms with van der Waals surface area (Å²) in [6.07, 6.45) is 0. The third-order valence-electron chi connectivity index (χ3n) is 3.48. The van der Waals surface area contributed by atoms with Crippen LogP contribution in [0.25, 0.3) is 11.1 Å². The van der Waals surface area contributed by atoms with Gasteiger partial charge in [0.25, 0.3) is 0 Å². The number of carbonyl (C=O) groups excluding carboxylic acids is 1. The first-order chi connectivity index (χ1) is 10.9. The second-order valence-electron chi connectivity index (χ2n) is 5.15. The van der Waals surface area contributed by atoms with E-state index in [0.29, 0.717) is 22.5 Å². The average Bonchev–Trinajstić information content (AvgIpc) is 2.78. The summed E-state index contributed by atoms with van der Waals surface area (Å²) in [5, 5.41) is 5.49. The van der Waals surface area contributed by atoms with Crippen molar-refractivity contribution >= 4 is 44.4 Å². The zero-order chi connectivity index (χ0) is 16.6. The third-order valence-corrected chi connectivity index (χ3v) is 4.33. The molecular weight excluding hydrogens is 362 g/mol. The lowest BCUT2D eigenvalue weighted by Gasteiger charge is -2.09. The molecule has 0 atom stereocenters. The van der Waals surface area contributed by atoms with E-state index in [1.165, 1.54) is 4.57 Å². The summed E-state index contributed by atoms with van der Waals surface area (Å²) in [6, 6.07) is 10.2. The van der Waals surface area contributed by atoms with Crippen molar-refractivity contribution in [2.24, 2.45) is 7.05 Å². The fraction of sp³-hybridized carbons (Fsp3) is 0.125. The SMILES string of the molecule is Cc1ccc(NC(=O)Nc2ccc3oc(=O)n(C)c3c2)cc1Br. The Bertz CT molecular complexity index is 959. The van der Waals surface area contributed by atoms with Crippen LogP contribution in [0, 0.1) is 6.92 Å². The van der Waals surface area contributed by atoms with Crippen LogP contribution in [0.2, 0.25) is 0 Å². The molecule has 0 aliphatic rings. The van der Waals surface area contributed by atoms with Crippen LogP contribution in [0.5, 0.6) is 0 Å². The molecule has 3 rings (SSSR count). The van der Waals surface area contributed by atoms with Gasteiger partial charge >= 0.3 is 11.8 Å². The van der Waals surface area contributed by atoms with Gasteiger partial charge in [-0.3, -0.25) is 4.57 Å². The highest BCUT2D eigenvalue weighted by Crippen LogP contribution is 2.21. The largest absolute Gasteiger partial charge is 0.419 e. The lowest BCUT2D eigenvalue weighted by atomic mass is 10.2. The molecule has 1 aromatic heterocycles. The molecule has 0 aliphatic heterocycles. The van der Waals surface area contributed by atoms with E-state index in [1.54, 1.807) is 25.2 Å². The van der Waals surface area contributed by atoms with Gasteiger partial charge in [-0.1, -0.05) is 22.0 Å². The maximum atomic E-state index is 12.1. The predicted octanol–water partition coefficient (Wildman–Crippen LogP) is 3.85. The van der Waals surface area contributed by atoms with Crippen LogP contribution in [0.4, 0.5) is 16.2 Å². The minimum absolute atomic E-state index is 0.367. The maximum absolute atomic E-state index is 12.1. The number of urea groups is 1. The van der Waals surface area contributed by atoms with Gasteiger partial charge < -0.3 is 15.1 Å². The van der Waals surface area contributed by atoms with Crippen LogP contribution < -0.4 is 16.4 Å². The molecule has 6 nitrogen and oxygen atoms in total. The van der Waals surface area contributed by atoms with Gasteiger partial charge in [0, 0.05) is 22.9 Å². The van der Waals surface area contributed by atoms with Crippen molar-refractivity contribution in [1.82, 2.24) is 4.57 Å². The number of anilines is 2. The van der Waals surface area contributed by atoms with E-state index in [1.807, 2.05) is 25.1 Å². The zero-order valence-electron chi connectivity index (χ0n) is 12.5. The number of oxazole rings is 1. The van der Waals surface area contributed by atoms with Gasteiger partial charge in [-0.15, -0.1) is 0 Å². The monoisotopic (exact) mass is 375 g/mol. The van der Waals surface area contributed by atoms with E-state index >= 15 is 0 Å². The Balaban J connectivity index is 1.78. The first kappa shape index (κ1) is 15.4. The summed E-state index contributed by atoms with van der Waals surface area (Å²) < 4.78 is 7.36. The van der Waals surface area contributed by atoms with Crippen molar-refractivity contribution in [3.63, 3.8) is 0 Å². The molecular formula is C16H14BrN3O3. The second-order valence-corrected chi connectivity index (χ2v) is 6.01. The third kappa shape index (κ3) is 3.14. The molecule has 2 amide bonds. The van der Waals surface area contributed by atoms with Crippen LogP contribution in [0.1, 0.15) is 5.56 Å². The van der Waals surface area contributed by atoms with Crippen molar-refractivity contribution in [3.05, 3.63) is 57.0 Å². The molecule has 0 radical (unpaired) electrons. The molecule has 0 saturated carbocycles. The average molecular weight is 376 g/mol. The van der Waals surface area contributed by atoms with Crippen LogP contribution in [0.15, 0.2) is 50.1 Å². The molecule has 3 aromatic rings. The Morgan fingerprint density at radius 1 is 1.13 bits per heavy atom. The number of aryl methyl sites for hydroxylation is 2. The Labute approximate surface area is 140 Å². The summed E-state index contributed by atoms with van der Waals surface area (Å²) in [6.45, 7) is 1.97. The molecule has 2 aromatic carbocycles. The Hall–Kier alpha value is -2.54. The molecule has 23 heavy (non-hydrogen) atoms. The lowest BCUT2D eigenvalue weighted by Crippen LogP contribution is -2.19. The molecule has 0 aliphatic carbocycles. The molecule has 1 heterocycles. The number of nitrogens with one attached hydrogen (secondary N) is 2. The van der Waals surface area contributed by atoms with Crippen molar-refractivity contribution in [2.45, 2.75) is 6.92 Å². The maximum Gasteiger partial charge on any atom is 0.419 e. The number of fused-ring (bicyclic) bond motifs is 1. The van der Waals surface area contributed by atoms with Crippen molar-refractivity contribution in [1.29, 1.82) is 0 Å². The number of rotatable bonds is 2.